The van der Waals surface area contributed by atoms with Crippen molar-refractivity contribution in [2.75, 3.05) is 18.4 Å². The molecule has 23 heavy (non-hydrogen) atoms. The van der Waals surface area contributed by atoms with E-state index in [9.17, 15) is 9.59 Å². The Balaban J connectivity index is 1.71. The number of aryl methyl sites for hydroxylation is 1. The number of hydrogen-bond donors (Lipinski definition) is 1. The average molecular weight is 313 g/mol. The molecule has 1 unspecified atom stereocenters. The topological polar surface area (TPSA) is 75.4 Å². The van der Waals surface area contributed by atoms with Gasteiger partial charge >= 0.3 is 0 Å². The Morgan fingerprint density at radius 2 is 2.30 bits per heavy atom. The highest BCUT2D eigenvalue weighted by atomic mass is 16.4. The van der Waals surface area contributed by atoms with E-state index in [4.69, 9.17) is 4.42 Å². The van der Waals surface area contributed by atoms with E-state index >= 15 is 0 Å². The molecule has 1 aliphatic rings. The molecule has 120 valence electrons. The number of oxazole rings is 1. The first-order valence-corrected chi connectivity index (χ1v) is 7.68. The molecule has 0 aliphatic carbocycles. The van der Waals surface area contributed by atoms with Crippen molar-refractivity contribution in [3.8, 4) is 11.5 Å². The predicted octanol–water partition coefficient (Wildman–Crippen LogP) is 2.46. The van der Waals surface area contributed by atoms with Gasteiger partial charge in [-0.2, -0.15) is 0 Å². The summed E-state index contributed by atoms with van der Waals surface area (Å²) in [4.78, 5) is 30.0. The fourth-order valence-corrected chi connectivity index (χ4v) is 2.72. The van der Waals surface area contributed by atoms with Crippen LogP contribution >= 0.6 is 0 Å². The fraction of sp³-hybridized carbons (Fsp3) is 0.353. The van der Waals surface area contributed by atoms with Gasteiger partial charge in [-0.15, -0.1) is 0 Å². The molecular weight excluding hydrogens is 294 g/mol. The van der Waals surface area contributed by atoms with Gasteiger partial charge in [0.2, 0.25) is 17.7 Å². The molecule has 2 heterocycles. The number of carbonyl (C=O) groups excluding carboxylic acids is 2. The highest BCUT2D eigenvalue weighted by molar-refractivity contribution is 5.97. The van der Waals surface area contributed by atoms with Gasteiger partial charge in [0.1, 0.15) is 5.76 Å². The van der Waals surface area contributed by atoms with Gasteiger partial charge in [-0.25, -0.2) is 4.98 Å². The van der Waals surface area contributed by atoms with Crippen LogP contribution in [0.15, 0.2) is 34.9 Å². The van der Waals surface area contributed by atoms with Gasteiger partial charge in [-0.1, -0.05) is 6.07 Å². The zero-order chi connectivity index (χ0) is 16.4. The first-order valence-electron chi connectivity index (χ1n) is 7.68. The molecule has 0 radical (unpaired) electrons. The molecule has 6 nitrogen and oxygen atoms in total. The lowest BCUT2D eigenvalue weighted by atomic mass is 10.1. The quantitative estimate of drug-likeness (QED) is 0.941. The largest absolute Gasteiger partial charge is 0.441 e. The summed E-state index contributed by atoms with van der Waals surface area (Å²) in [6, 6.07) is 7.34. The normalized spacial score (nSPS) is 17.6. The van der Waals surface area contributed by atoms with Gasteiger partial charge in [0, 0.05) is 30.8 Å². The molecule has 1 fully saturated rings. The van der Waals surface area contributed by atoms with Crippen LogP contribution in [0.1, 0.15) is 19.1 Å². The SMILES string of the molecule is CCN1CC(C(=O)Nc2cccc(-c3ncc(C)o3)c2)CC1=O. The molecule has 2 amide bonds. The fourth-order valence-electron chi connectivity index (χ4n) is 2.72. The Morgan fingerprint density at radius 1 is 1.48 bits per heavy atom. The van der Waals surface area contributed by atoms with E-state index in [1.165, 1.54) is 0 Å². The summed E-state index contributed by atoms with van der Waals surface area (Å²) in [5.41, 5.74) is 1.47. The van der Waals surface area contributed by atoms with Gasteiger partial charge in [0.15, 0.2) is 0 Å². The van der Waals surface area contributed by atoms with Crippen LogP contribution in [-0.2, 0) is 9.59 Å². The summed E-state index contributed by atoms with van der Waals surface area (Å²) in [5, 5.41) is 2.88. The molecule has 2 aromatic rings. The van der Waals surface area contributed by atoms with Crippen molar-refractivity contribution >= 4 is 17.5 Å². The number of nitrogens with one attached hydrogen (secondary N) is 1. The van der Waals surface area contributed by atoms with Gasteiger partial charge in [0.05, 0.1) is 12.1 Å². The second-order valence-corrected chi connectivity index (χ2v) is 5.68. The van der Waals surface area contributed by atoms with E-state index in [2.05, 4.69) is 10.3 Å². The minimum absolute atomic E-state index is 0.0386. The number of aromatic nitrogens is 1. The lowest BCUT2D eigenvalue weighted by Crippen LogP contribution is -2.28. The molecule has 1 aliphatic heterocycles. The molecule has 0 saturated carbocycles. The van der Waals surface area contributed by atoms with E-state index in [1.807, 2.05) is 38.1 Å². The summed E-state index contributed by atoms with van der Waals surface area (Å²) >= 11 is 0. The van der Waals surface area contributed by atoms with E-state index in [0.717, 1.165) is 11.3 Å². The molecule has 0 bridgehead atoms. The number of benzene rings is 1. The molecule has 6 heteroatoms. The predicted molar refractivity (Wildman–Crippen MR) is 85.7 cm³/mol. The van der Waals surface area contributed by atoms with Crippen molar-refractivity contribution in [3.05, 3.63) is 36.2 Å². The number of carbonyl (C=O) groups is 2. The highest BCUT2D eigenvalue weighted by Crippen LogP contribution is 2.24. The van der Waals surface area contributed by atoms with Crippen molar-refractivity contribution in [2.24, 2.45) is 5.92 Å². The standard InChI is InChI=1S/C17H19N3O3/c1-3-20-10-13(8-15(20)21)16(22)19-14-6-4-5-12(7-14)17-18-9-11(2)23-17/h4-7,9,13H,3,8,10H2,1-2H3,(H,19,22). The van der Waals surface area contributed by atoms with Crippen LogP contribution in [0.2, 0.25) is 0 Å². The Labute approximate surface area is 134 Å². The van der Waals surface area contributed by atoms with E-state index in [-0.39, 0.29) is 24.2 Å². The maximum atomic E-state index is 12.3. The van der Waals surface area contributed by atoms with E-state index in [1.54, 1.807) is 11.1 Å². The first kappa shape index (κ1) is 15.3. The Kier molecular flexibility index (Phi) is 4.14. The number of nitrogens with zero attached hydrogens (tertiary/aromatic N) is 2. The molecule has 1 saturated heterocycles. The lowest BCUT2D eigenvalue weighted by Gasteiger charge is -2.13. The van der Waals surface area contributed by atoms with Crippen LogP contribution in [0.4, 0.5) is 5.69 Å². The molecule has 3 rings (SSSR count). The second-order valence-electron chi connectivity index (χ2n) is 5.68. The number of hydrogen-bond acceptors (Lipinski definition) is 4. The first-order chi connectivity index (χ1) is 11.1. The number of rotatable bonds is 4. The number of amides is 2. The second kappa shape index (κ2) is 6.24. The zero-order valence-electron chi connectivity index (χ0n) is 13.2. The van der Waals surface area contributed by atoms with Crippen LogP contribution in [0, 0.1) is 12.8 Å². The van der Waals surface area contributed by atoms with Gasteiger partial charge < -0.3 is 14.6 Å². The molecule has 1 N–H and O–H groups in total. The van der Waals surface area contributed by atoms with Crippen molar-refractivity contribution in [1.82, 2.24) is 9.88 Å². The van der Waals surface area contributed by atoms with Crippen LogP contribution in [0.3, 0.4) is 0 Å². The van der Waals surface area contributed by atoms with Crippen LogP contribution in [0.25, 0.3) is 11.5 Å². The Morgan fingerprint density at radius 3 is 2.96 bits per heavy atom. The molecule has 0 spiro atoms. The third kappa shape index (κ3) is 3.26. The summed E-state index contributed by atoms with van der Waals surface area (Å²) < 4.78 is 5.50. The molecular formula is C17H19N3O3. The van der Waals surface area contributed by atoms with Gasteiger partial charge in [-0.3, -0.25) is 9.59 Å². The molecule has 1 aromatic carbocycles. The third-order valence-corrected chi connectivity index (χ3v) is 3.97. The zero-order valence-corrected chi connectivity index (χ0v) is 13.2. The van der Waals surface area contributed by atoms with Gasteiger partial charge in [0.25, 0.3) is 0 Å². The minimum atomic E-state index is -0.296. The summed E-state index contributed by atoms with van der Waals surface area (Å²) in [5.74, 6) is 0.868. The van der Waals surface area contributed by atoms with E-state index in [0.29, 0.717) is 24.7 Å². The van der Waals surface area contributed by atoms with Gasteiger partial charge in [-0.05, 0) is 32.0 Å². The monoisotopic (exact) mass is 313 g/mol. The molecule has 1 atom stereocenters. The smallest absolute Gasteiger partial charge is 0.229 e. The summed E-state index contributed by atoms with van der Waals surface area (Å²) in [6.07, 6.45) is 1.93. The van der Waals surface area contributed by atoms with Crippen LogP contribution < -0.4 is 5.32 Å². The number of anilines is 1. The van der Waals surface area contributed by atoms with E-state index < -0.39 is 0 Å². The van der Waals surface area contributed by atoms with Crippen molar-refractivity contribution in [2.45, 2.75) is 20.3 Å². The Hall–Kier alpha value is -2.63. The lowest BCUT2D eigenvalue weighted by molar-refractivity contribution is -0.128. The maximum Gasteiger partial charge on any atom is 0.229 e. The average Bonchev–Trinajstić information content (AvgIpc) is 3.13. The molecule has 1 aromatic heterocycles. The van der Waals surface area contributed by atoms with Crippen LogP contribution in [0.5, 0.6) is 0 Å². The van der Waals surface area contributed by atoms with Crippen molar-refractivity contribution in [1.29, 1.82) is 0 Å². The third-order valence-electron chi connectivity index (χ3n) is 3.97. The van der Waals surface area contributed by atoms with Crippen molar-refractivity contribution in [3.63, 3.8) is 0 Å². The van der Waals surface area contributed by atoms with Crippen molar-refractivity contribution < 1.29 is 14.0 Å². The Bertz CT molecular complexity index is 738. The maximum absolute atomic E-state index is 12.3. The van der Waals surface area contributed by atoms with Crippen LogP contribution in [-0.4, -0.2) is 34.8 Å². The number of likely N-dealkylation sites (tertiary alicyclic amines) is 1. The summed E-state index contributed by atoms with van der Waals surface area (Å²) in [6.45, 7) is 4.88. The highest BCUT2D eigenvalue weighted by Gasteiger charge is 2.33. The summed E-state index contributed by atoms with van der Waals surface area (Å²) in [7, 11) is 0. The minimum Gasteiger partial charge on any atom is -0.441 e.